The highest BCUT2D eigenvalue weighted by molar-refractivity contribution is 6.21. The highest BCUT2D eigenvalue weighted by Crippen LogP contribution is 2.24. The van der Waals surface area contributed by atoms with Crippen LogP contribution in [0.5, 0.6) is 0 Å². The molecule has 1 aliphatic rings. The summed E-state index contributed by atoms with van der Waals surface area (Å²) < 4.78 is 1.44. The van der Waals surface area contributed by atoms with Crippen molar-refractivity contribution in [1.82, 2.24) is 9.47 Å². The second kappa shape index (κ2) is 6.11. The van der Waals surface area contributed by atoms with Crippen molar-refractivity contribution in [3.8, 4) is 0 Å². The fourth-order valence-corrected chi connectivity index (χ4v) is 2.53. The topological polar surface area (TPSA) is 88.5 Å². The van der Waals surface area contributed by atoms with Crippen LogP contribution < -0.4 is 10.9 Å². The number of anilines is 1. The molecule has 7 heteroatoms. The average Bonchev–Trinajstić information content (AvgIpc) is 2.78. The summed E-state index contributed by atoms with van der Waals surface area (Å²) in [7, 11) is 1.42. The molecule has 0 radical (unpaired) electrons. The summed E-state index contributed by atoms with van der Waals surface area (Å²) in [5.74, 6) is -1.02. The first kappa shape index (κ1) is 15.7. The number of nitrogens with zero attached hydrogens (tertiary/aromatic N) is 2. The van der Waals surface area contributed by atoms with Crippen molar-refractivity contribution >= 4 is 23.4 Å². The zero-order valence-corrected chi connectivity index (χ0v) is 13.0. The van der Waals surface area contributed by atoms with Crippen molar-refractivity contribution in [2.75, 3.05) is 12.4 Å². The third kappa shape index (κ3) is 2.83. The molecular formula is C17H15N3O4. The minimum absolute atomic E-state index is 0.119. The van der Waals surface area contributed by atoms with Crippen molar-refractivity contribution in [2.24, 2.45) is 0 Å². The van der Waals surface area contributed by atoms with Gasteiger partial charge in [-0.1, -0.05) is 6.07 Å². The Morgan fingerprint density at radius 1 is 1.04 bits per heavy atom. The summed E-state index contributed by atoms with van der Waals surface area (Å²) >= 11 is 0. The third-order valence-corrected chi connectivity index (χ3v) is 3.85. The first-order valence-electron chi connectivity index (χ1n) is 7.39. The van der Waals surface area contributed by atoms with E-state index < -0.39 is 0 Å². The number of rotatable bonds is 4. The molecule has 1 aromatic heterocycles. The lowest BCUT2D eigenvalue weighted by Gasteiger charge is -2.07. The molecule has 0 spiro atoms. The van der Waals surface area contributed by atoms with Crippen LogP contribution in [0.15, 0.2) is 47.4 Å². The number of hydrogen-bond donors (Lipinski definition) is 1. The first-order chi connectivity index (χ1) is 11.5. The monoisotopic (exact) mass is 325 g/mol. The fourth-order valence-electron chi connectivity index (χ4n) is 2.53. The molecule has 0 atom stereocenters. The van der Waals surface area contributed by atoms with Gasteiger partial charge < -0.3 is 9.88 Å². The van der Waals surface area contributed by atoms with Crippen molar-refractivity contribution < 1.29 is 14.4 Å². The number of amides is 3. The number of benzene rings is 1. The predicted octanol–water partition coefficient (Wildman–Crippen LogP) is 1.10. The lowest BCUT2D eigenvalue weighted by atomic mass is 10.1. The smallest absolute Gasteiger partial charge is 0.261 e. The van der Waals surface area contributed by atoms with Crippen LogP contribution in [0.4, 0.5) is 5.69 Å². The maximum atomic E-state index is 12.0. The Morgan fingerprint density at radius 3 is 2.54 bits per heavy atom. The van der Waals surface area contributed by atoms with Crippen LogP contribution in [0.1, 0.15) is 27.1 Å². The van der Waals surface area contributed by atoms with Gasteiger partial charge in [-0.25, -0.2) is 0 Å². The zero-order valence-electron chi connectivity index (χ0n) is 13.0. The lowest BCUT2D eigenvalue weighted by Crippen LogP contribution is -2.24. The predicted molar refractivity (Wildman–Crippen MR) is 86.8 cm³/mol. The number of hydrogen-bond acceptors (Lipinski definition) is 4. The number of carbonyl (C=O) groups is 3. The van der Waals surface area contributed by atoms with Crippen molar-refractivity contribution in [3.05, 3.63) is 64.1 Å². The van der Waals surface area contributed by atoms with Gasteiger partial charge >= 0.3 is 0 Å². The quantitative estimate of drug-likeness (QED) is 0.853. The lowest BCUT2D eigenvalue weighted by molar-refractivity contribution is -0.116. The summed E-state index contributed by atoms with van der Waals surface area (Å²) in [4.78, 5) is 48.4. The molecular weight excluding hydrogens is 310 g/mol. The van der Waals surface area contributed by atoms with E-state index in [0.717, 1.165) is 4.90 Å². The van der Waals surface area contributed by atoms with E-state index in [1.807, 2.05) is 0 Å². The molecule has 0 saturated carbocycles. The van der Waals surface area contributed by atoms with Gasteiger partial charge in [-0.3, -0.25) is 24.1 Å². The number of pyridine rings is 1. The molecule has 2 aromatic rings. The number of imide groups is 1. The summed E-state index contributed by atoms with van der Waals surface area (Å²) in [5.41, 5.74) is 0.876. The van der Waals surface area contributed by atoms with Gasteiger partial charge in [0.1, 0.15) is 0 Å². The third-order valence-electron chi connectivity index (χ3n) is 3.85. The van der Waals surface area contributed by atoms with Gasteiger partial charge in [-0.15, -0.1) is 0 Å². The summed E-state index contributed by atoms with van der Waals surface area (Å²) in [6, 6.07) is 9.38. The van der Waals surface area contributed by atoms with Gasteiger partial charge in [0, 0.05) is 38.0 Å². The molecule has 24 heavy (non-hydrogen) atoms. The summed E-state index contributed by atoms with van der Waals surface area (Å²) in [6.45, 7) is 0.261. The van der Waals surface area contributed by atoms with Gasteiger partial charge in [-0.2, -0.15) is 0 Å². The average molecular weight is 325 g/mol. The second-order valence-electron chi connectivity index (χ2n) is 5.46. The minimum atomic E-state index is -0.387. The Kier molecular flexibility index (Phi) is 3.99. The molecule has 0 bridgehead atoms. The van der Waals surface area contributed by atoms with Crippen LogP contribution in [0, 0.1) is 0 Å². The van der Waals surface area contributed by atoms with Gasteiger partial charge in [0.15, 0.2) is 0 Å². The molecule has 3 amide bonds. The van der Waals surface area contributed by atoms with Crippen molar-refractivity contribution in [3.63, 3.8) is 0 Å². The van der Waals surface area contributed by atoms with E-state index in [1.165, 1.54) is 29.8 Å². The van der Waals surface area contributed by atoms with Crippen molar-refractivity contribution in [2.45, 2.75) is 13.0 Å². The van der Waals surface area contributed by atoms with E-state index in [1.54, 1.807) is 24.4 Å². The Hall–Kier alpha value is -3.22. The fraction of sp³-hybridized carbons (Fsp3) is 0.176. The standard InChI is InChI=1S/C17H15N3O4/c1-19-16(23)12-6-5-11(10-13(12)17(19)24)18-14(21)7-9-20-8-3-2-4-15(20)22/h2-6,8,10H,7,9H2,1H3,(H,18,21). The minimum Gasteiger partial charge on any atom is -0.326 e. The maximum Gasteiger partial charge on any atom is 0.261 e. The van der Waals surface area contributed by atoms with Crippen LogP contribution in [0.3, 0.4) is 0 Å². The highest BCUT2D eigenvalue weighted by Gasteiger charge is 2.32. The first-order valence-corrected chi connectivity index (χ1v) is 7.39. The molecule has 3 rings (SSSR count). The molecule has 122 valence electrons. The Morgan fingerprint density at radius 2 is 1.79 bits per heavy atom. The van der Waals surface area contributed by atoms with Crippen LogP contribution in [-0.2, 0) is 11.3 Å². The molecule has 7 nitrogen and oxygen atoms in total. The Balaban J connectivity index is 1.68. The number of fused-ring (bicyclic) bond motifs is 1. The summed E-state index contributed by atoms with van der Waals surface area (Å²) in [5, 5.41) is 2.68. The zero-order chi connectivity index (χ0) is 17.3. The van der Waals surface area contributed by atoms with E-state index in [2.05, 4.69) is 5.32 Å². The van der Waals surface area contributed by atoms with Crippen LogP contribution in [0.2, 0.25) is 0 Å². The van der Waals surface area contributed by atoms with E-state index in [9.17, 15) is 19.2 Å². The number of carbonyl (C=O) groups excluding carboxylic acids is 3. The van der Waals surface area contributed by atoms with Gasteiger partial charge in [-0.05, 0) is 24.3 Å². The molecule has 1 aromatic carbocycles. The molecule has 1 aliphatic heterocycles. The number of aromatic nitrogens is 1. The van der Waals surface area contributed by atoms with Gasteiger partial charge in [0.2, 0.25) is 5.91 Å². The highest BCUT2D eigenvalue weighted by atomic mass is 16.2. The Labute approximate surface area is 137 Å². The van der Waals surface area contributed by atoms with Crippen LogP contribution in [-0.4, -0.2) is 34.2 Å². The van der Waals surface area contributed by atoms with Crippen LogP contribution >= 0.6 is 0 Å². The van der Waals surface area contributed by atoms with E-state index in [-0.39, 0.29) is 41.8 Å². The number of nitrogens with one attached hydrogen (secondary N) is 1. The molecule has 2 heterocycles. The maximum absolute atomic E-state index is 12.0. The second-order valence-corrected chi connectivity index (χ2v) is 5.46. The van der Waals surface area contributed by atoms with E-state index >= 15 is 0 Å². The molecule has 0 saturated heterocycles. The summed E-state index contributed by atoms with van der Waals surface area (Å²) in [6.07, 6.45) is 1.74. The van der Waals surface area contributed by atoms with Crippen molar-refractivity contribution in [1.29, 1.82) is 0 Å². The van der Waals surface area contributed by atoms with Gasteiger partial charge in [0.25, 0.3) is 17.4 Å². The van der Waals surface area contributed by atoms with E-state index in [4.69, 9.17) is 0 Å². The molecule has 1 N–H and O–H groups in total. The van der Waals surface area contributed by atoms with Crippen LogP contribution in [0.25, 0.3) is 0 Å². The van der Waals surface area contributed by atoms with Gasteiger partial charge in [0.05, 0.1) is 11.1 Å². The largest absolute Gasteiger partial charge is 0.326 e. The number of aryl methyl sites for hydroxylation is 1. The normalized spacial score (nSPS) is 13.1. The molecule has 0 aliphatic carbocycles. The Bertz CT molecular complexity index is 901. The SMILES string of the molecule is CN1C(=O)c2ccc(NC(=O)CCn3ccccc3=O)cc2C1=O. The van der Waals surface area contributed by atoms with E-state index in [0.29, 0.717) is 11.3 Å². The molecule has 0 unspecified atom stereocenters. The molecule has 0 fully saturated rings.